The third kappa shape index (κ3) is 2.31. The monoisotopic (exact) mass is 256 g/mol. The van der Waals surface area contributed by atoms with Crippen LogP contribution in [0.2, 0.25) is 0 Å². The smallest absolute Gasteiger partial charge is 0.253 e. The van der Waals surface area contributed by atoms with E-state index in [4.69, 9.17) is 0 Å². The average Bonchev–Trinajstić information content (AvgIpc) is 2.84. The number of carbonyl (C=O) groups excluding carboxylic acids is 1. The molecular weight excluding hydrogens is 240 g/mol. The second-order valence-corrected chi connectivity index (χ2v) is 5.05. The van der Waals surface area contributed by atoms with Gasteiger partial charge in [-0.25, -0.2) is 0 Å². The van der Waals surface area contributed by atoms with Crippen LogP contribution in [0.4, 0.5) is 0 Å². The number of aliphatic hydroxyl groups is 1. The fourth-order valence-corrected chi connectivity index (χ4v) is 2.47. The molecule has 2 heterocycles. The molecule has 1 atom stereocenters. The molecule has 1 aliphatic rings. The Hall–Kier alpha value is -1.94. The molecule has 3 rings (SSSR count). The van der Waals surface area contributed by atoms with Crippen LogP contribution in [0.5, 0.6) is 0 Å². The van der Waals surface area contributed by atoms with Gasteiger partial charge in [0.05, 0.1) is 11.6 Å². The maximum atomic E-state index is 12.3. The minimum Gasteiger partial charge on any atom is -0.391 e. The van der Waals surface area contributed by atoms with E-state index in [-0.39, 0.29) is 12.0 Å². The second-order valence-electron chi connectivity index (χ2n) is 5.05. The number of aryl methyl sites for hydroxylation is 1. The van der Waals surface area contributed by atoms with Crippen molar-refractivity contribution in [3.05, 3.63) is 41.6 Å². The predicted octanol–water partition coefficient (Wildman–Crippen LogP) is 1.75. The zero-order chi connectivity index (χ0) is 13.4. The Bertz CT molecular complexity index is 639. The number of fused-ring (bicyclic) bond motifs is 1. The normalized spacial score (nSPS) is 19.1. The molecule has 4 heteroatoms. The molecule has 1 fully saturated rings. The summed E-state index contributed by atoms with van der Waals surface area (Å²) in [7, 11) is 0. The summed E-state index contributed by atoms with van der Waals surface area (Å²) in [6.45, 7) is 3.01. The fourth-order valence-electron chi connectivity index (χ4n) is 2.47. The summed E-state index contributed by atoms with van der Waals surface area (Å²) in [5, 5.41) is 10.5. The molecular formula is C15H16N2O2. The zero-order valence-corrected chi connectivity index (χ0v) is 10.8. The van der Waals surface area contributed by atoms with Gasteiger partial charge in [0.2, 0.25) is 0 Å². The van der Waals surface area contributed by atoms with Crippen LogP contribution in [-0.2, 0) is 0 Å². The minimum absolute atomic E-state index is 0.0148. The molecule has 2 aromatic rings. The first-order chi connectivity index (χ1) is 9.13. The highest BCUT2D eigenvalue weighted by molar-refractivity contribution is 5.98. The van der Waals surface area contributed by atoms with E-state index in [0.717, 1.165) is 16.6 Å². The lowest BCUT2D eigenvalue weighted by Gasteiger charge is -2.15. The number of hydrogen-bond acceptors (Lipinski definition) is 3. The molecule has 1 aliphatic heterocycles. The van der Waals surface area contributed by atoms with E-state index in [1.54, 1.807) is 4.90 Å². The summed E-state index contributed by atoms with van der Waals surface area (Å²) in [6.07, 6.45) is 0.286. The highest BCUT2D eigenvalue weighted by Crippen LogP contribution is 2.18. The number of hydrogen-bond donors (Lipinski definition) is 1. The standard InChI is InChI=1S/C15H16N2O2/c1-10-2-3-11-8-12(4-5-14(11)16-10)15(19)17-7-6-13(18)9-17/h2-5,8,13,18H,6-7,9H2,1H3/t13-/m1/s1. The van der Waals surface area contributed by atoms with Crippen molar-refractivity contribution in [1.82, 2.24) is 9.88 Å². The third-order valence-corrected chi connectivity index (χ3v) is 3.53. The van der Waals surface area contributed by atoms with E-state index >= 15 is 0 Å². The van der Waals surface area contributed by atoms with E-state index in [1.807, 2.05) is 37.3 Å². The first-order valence-electron chi connectivity index (χ1n) is 6.48. The number of aromatic nitrogens is 1. The van der Waals surface area contributed by atoms with E-state index < -0.39 is 0 Å². The molecule has 1 amide bonds. The van der Waals surface area contributed by atoms with Crippen LogP contribution in [-0.4, -0.2) is 40.1 Å². The first kappa shape index (κ1) is 12.1. The minimum atomic E-state index is -0.381. The van der Waals surface area contributed by atoms with Gasteiger partial charge in [-0.2, -0.15) is 0 Å². The van der Waals surface area contributed by atoms with E-state index in [0.29, 0.717) is 25.1 Å². The van der Waals surface area contributed by atoms with Gasteiger partial charge in [-0.1, -0.05) is 6.07 Å². The Balaban J connectivity index is 1.92. The number of β-amino-alcohol motifs (C(OH)–C–C–N with tert-alkyl or cyclic N) is 1. The van der Waals surface area contributed by atoms with Gasteiger partial charge in [-0.05, 0) is 37.6 Å². The van der Waals surface area contributed by atoms with Crippen LogP contribution in [0, 0.1) is 6.92 Å². The van der Waals surface area contributed by atoms with E-state index in [9.17, 15) is 9.90 Å². The van der Waals surface area contributed by atoms with Crippen LogP contribution in [0.15, 0.2) is 30.3 Å². The lowest BCUT2D eigenvalue weighted by atomic mass is 10.1. The summed E-state index contributed by atoms with van der Waals surface area (Å²) < 4.78 is 0. The van der Waals surface area contributed by atoms with Crippen LogP contribution >= 0.6 is 0 Å². The van der Waals surface area contributed by atoms with Gasteiger partial charge in [0.25, 0.3) is 5.91 Å². The number of carbonyl (C=O) groups is 1. The molecule has 1 aromatic carbocycles. The Morgan fingerprint density at radius 1 is 1.37 bits per heavy atom. The Labute approximate surface area is 111 Å². The first-order valence-corrected chi connectivity index (χ1v) is 6.48. The lowest BCUT2D eigenvalue weighted by Crippen LogP contribution is -2.29. The molecule has 1 N–H and O–H groups in total. The molecule has 4 nitrogen and oxygen atoms in total. The second kappa shape index (κ2) is 4.63. The molecule has 0 radical (unpaired) electrons. The Morgan fingerprint density at radius 2 is 2.21 bits per heavy atom. The number of nitrogens with zero attached hydrogens (tertiary/aromatic N) is 2. The Kier molecular flexibility index (Phi) is 2.95. The Morgan fingerprint density at radius 3 is 2.95 bits per heavy atom. The van der Waals surface area contributed by atoms with Gasteiger partial charge in [-0.15, -0.1) is 0 Å². The van der Waals surface area contributed by atoms with Crippen molar-refractivity contribution in [3.8, 4) is 0 Å². The summed E-state index contributed by atoms with van der Waals surface area (Å²) in [5.41, 5.74) is 2.53. The molecule has 0 bridgehead atoms. The van der Waals surface area contributed by atoms with Crippen molar-refractivity contribution in [2.24, 2.45) is 0 Å². The fraction of sp³-hybridized carbons (Fsp3) is 0.333. The van der Waals surface area contributed by atoms with Crippen molar-refractivity contribution >= 4 is 16.8 Å². The van der Waals surface area contributed by atoms with Gasteiger partial charge in [0.1, 0.15) is 0 Å². The van der Waals surface area contributed by atoms with Crippen LogP contribution < -0.4 is 0 Å². The van der Waals surface area contributed by atoms with Gasteiger partial charge >= 0.3 is 0 Å². The predicted molar refractivity (Wildman–Crippen MR) is 73.0 cm³/mol. The number of amides is 1. The van der Waals surface area contributed by atoms with Crippen molar-refractivity contribution in [1.29, 1.82) is 0 Å². The van der Waals surface area contributed by atoms with Gasteiger partial charge < -0.3 is 10.0 Å². The number of pyridine rings is 1. The van der Waals surface area contributed by atoms with Crippen molar-refractivity contribution in [3.63, 3.8) is 0 Å². The van der Waals surface area contributed by atoms with E-state index in [1.165, 1.54) is 0 Å². The highest BCUT2D eigenvalue weighted by Gasteiger charge is 2.25. The van der Waals surface area contributed by atoms with Crippen LogP contribution in [0.25, 0.3) is 10.9 Å². The SMILES string of the molecule is Cc1ccc2cc(C(=O)N3CC[C@@H](O)C3)ccc2n1. The molecule has 1 aromatic heterocycles. The van der Waals surface area contributed by atoms with Crippen molar-refractivity contribution in [2.45, 2.75) is 19.4 Å². The molecule has 0 aliphatic carbocycles. The summed E-state index contributed by atoms with van der Waals surface area (Å²) in [4.78, 5) is 18.4. The molecule has 19 heavy (non-hydrogen) atoms. The van der Waals surface area contributed by atoms with Crippen molar-refractivity contribution in [2.75, 3.05) is 13.1 Å². The average molecular weight is 256 g/mol. The summed E-state index contributed by atoms with van der Waals surface area (Å²) in [5.74, 6) is -0.0148. The van der Waals surface area contributed by atoms with Crippen molar-refractivity contribution < 1.29 is 9.90 Å². The molecule has 1 saturated heterocycles. The summed E-state index contributed by atoms with van der Waals surface area (Å²) in [6, 6.07) is 9.47. The third-order valence-electron chi connectivity index (χ3n) is 3.53. The highest BCUT2D eigenvalue weighted by atomic mass is 16.3. The maximum Gasteiger partial charge on any atom is 0.253 e. The molecule has 98 valence electrons. The largest absolute Gasteiger partial charge is 0.391 e. The number of likely N-dealkylation sites (tertiary alicyclic amines) is 1. The quantitative estimate of drug-likeness (QED) is 0.845. The zero-order valence-electron chi connectivity index (χ0n) is 10.8. The maximum absolute atomic E-state index is 12.3. The van der Waals surface area contributed by atoms with Gasteiger partial charge in [0, 0.05) is 29.7 Å². The topological polar surface area (TPSA) is 53.4 Å². The molecule has 0 saturated carbocycles. The summed E-state index contributed by atoms with van der Waals surface area (Å²) >= 11 is 0. The molecule has 0 spiro atoms. The number of rotatable bonds is 1. The number of benzene rings is 1. The number of aliphatic hydroxyl groups excluding tert-OH is 1. The van der Waals surface area contributed by atoms with E-state index in [2.05, 4.69) is 4.98 Å². The molecule has 0 unspecified atom stereocenters. The van der Waals surface area contributed by atoms with Gasteiger partial charge in [-0.3, -0.25) is 9.78 Å². The van der Waals surface area contributed by atoms with Crippen LogP contribution in [0.1, 0.15) is 22.5 Å². The van der Waals surface area contributed by atoms with Crippen LogP contribution in [0.3, 0.4) is 0 Å². The van der Waals surface area contributed by atoms with Gasteiger partial charge in [0.15, 0.2) is 0 Å². The lowest BCUT2D eigenvalue weighted by molar-refractivity contribution is 0.0765.